The first-order valence-corrected chi connectivity index (χ1v) is 12.4. The molecule has 0 aliphatic carbocycles. The number of nitrogens with zero attached hydrogens (tertiary/aromatic N) is 1. The maximum absolute atomic E-state index is 13.1. The number of benzene rings is 2. The zero-order chi connectivity index (χ0) is 25.7. The number of rotatable bonds is 7. The summed E-state index contributed by atoms with van der Waals surface area (Å²) in [6.45, 7) is 7.67. The van der Waals surface area contributed by atoms with Gasteiger partial charge in [0.25, 0.3) is 5.91 Å². The van der Waals surface area contributed by atoms with Crippen LogP contribution in [0.25, 0.3) is 0 Å². The van der Waals surface area contributed by atoms with Crippen molar-refractivity contribution in [3.63, 3.8) is 0 Å². The number of aryl methyl sites for hydroxylation is 1. The number of nitrogens with one attached hydrogen (secondary N) is 3. The number of hydrogen-bond donors (Lipinski definition) is 3. The summed E-state index contributed by atoms with van der Waals surface area (Å²) in [6, 6.07) is 11.8. The number of hydrogen-bond acceptors (Lipinski definition) is 5. The normalized spacial score (nSPS) is 15.9. The molecule has 1 saturated heterocycles. The number of ether oxygens (including phenoxy) is 2. The van der Waals surface area contributed by atoms with Crippen LogP contribution in [-0.4, -0.2) is 55.2 Å². The predicted octanol–water partition coefficient (Wildman–Crippen LogP) is 3.54. The monoisotopic (exact) mass is 494 g/mol. The van der Waals surface area contributed by atoms with Crippen LogP contribution in [-0.2, 0) is 4.79 Å². The van der Waals surface area contributed by atoms with Gasteiger partial charge in [-0.15, -0.1) is 0 Å². The molecule has 0 saturated carbocycles. The van der Waals surface area contributed by atoms with Crippen molar-refractivity contribution in [2.75, 3.05) is 31.7 Å². The minimum absolute atomic E-state index is 0.0986. The number of carbonyl (C=O) groups excluding carboxylic acids is 3. The number of amides is 4. The summed E-state index contributed by atoms with van der Waals surface area (Å²) in [5.41, 5.74) is 2.27. The molecule has 1 fully saturated rings. The molecular formula is C27H34N4O5. The summed E-state index contributed by atoms with van der Waals surface area (Å²) in [7, 11) is 0. The van der Waals surface area contributed by atoms with E-state index in [4.69, 9.17) is 9.47 Å². The van der Waals surface area contributed by atoms with Crippen LogP contribution in [0.2, 0.25) is 0 Å². The van der Waals surface area contributed by atoms with Crippen LogP contribution in [0.3, 0.4) is 0 Å². The molecule has 9 nitrogen and oxygen atoms in total. The van der Waals surface area contributed by atoms with E-state index in [1.165, 1.54) is 0 Å². The lowest BCUT2D eigenvalue weighted by Crippen LogP contribution is -2.54. The Kier molecular flexibility index (Phi) is 7.97. The van der Waals surface area contributed by atoms with Crippen molar-refractivity contribution in [2.24, 2.45) is 11.8 Å². The fourth-order valence-electron chi connectivity index (χ4n) is 4.35. The average molecular weight is 495 g/mol. The van der Waals surface area contributed by atoms with Gasteiger partial charge in [-0.2, -0.15) is 0 Å². The zero-order valence-electron chi connectivity index (χ0n) is 21.0. The van der Waals surface area contributed by atoms with Crippen molar-refractivity contribution < 1.29 is 23.9 Å². The Morgan fingerprint density at radius 2 is 1.69 bits per heavy atom. The van der Waals surface area contributed by atoms with Gasteiger partial charge >= 0.3 is 6.03 Å². The molecule has 2 aromatic carbocycles. The molecule has 3 N–H and O–H groups in total. The van der Waals surface area contributed by atoms with E-state index in [-0.39, 0.29) is 36.5 Å². The largest absolute Gasteiger partial charge is 0.454 e. The minimum Gasteiger partial charge on any atom is -0.454 e. The number of anilines is 1. The van der Waals surface area contributed by atoms with Gasteiger partial charge in [0.05, 0.1) is 0 Å². The van der Waals surface area contributed by atoms with Crippen LogP contribution < -0.4 is 25.4 Å². The van der Waals surface area contributed by atoms with Crippen LogP contribution >= 0.6 is 0 Å². The molecule has 0 spiro atoms. The Morgan fingerprint density at radius 3 is 2.39 bits per heavy atom. The second-order valence-electron chi connectivity index (χ2n) is 9.78. The second-order valence-corrected chi connectivity index (χ2v) is 9.78. The number of likely N-dealkylation sites (tertiary alicyclic amines) is 1. The standard InChI is InChI=1S/C27H34N4O5/c1-17(2)15-28-26(33)24(30-25(32)20-6-9-22-23(14-20)36-16-35-22)19-10-12-31(13-11-19)27(34)29-21-7-4-18(3)5-8-21/h4-9,14,17,19,24H,10-13,15-16H2,1-3H3,(H,28,33)(H,29,34)(H,30,32)/t24-/m1/s1. The number of carbonyl (C=O) groups is 3. The third-order valence-electron chi connectivity index (χ3n) is 6.49. The maximum atomic E-state index is 13.1. The lowest BCUT2D eigenvalue weighted by Gasteiger charge is -2.36. The van der Waals surface area contributed by atoms with E-state index in [2.05, 4.69) is 16.0 Å². The van der Waals surface area contributed by atoms with E-state index < -0.39 is 6.04 Å². The Balaban J connectivity index is 1.40. The van der Waals surface area contributed by atoms with Gasteiger partial charge in [-0.3, -0.25) is 9.59 Å². The molecule has 192 valence electrons. The van der Waals surface area contributed by atoms with Gasteiger partial charge in [0.2, 0.25) is 12.7 Å². The molecule has 4 rings (SSSR count). The molecule has 0 bridgehead atoms. The highest BCUT2D eigenvalue weighted by Crippen LogP contribution is 2.32. The molecule has 0 unspecified atom stereocenters. The smallest absolute Gasteiger partial charge is 0.321 e. The van der Waals surface area contributed by atoms with E-state index in [1.807, 2.05) is 45.0 Å². The van der Waals surface area contributed by atoms with E-state index in [1.54, 1.807) is 23.1 Å². The minimum atomic E-state index is -0.705. The molecule has 2 aliphatic rings. The van der Waals surface area contributed by atoms with Gasteiger partial charge < -0.3 is 30.3 Å². The SMILES string of the molecule is Cc1ccc(NC(=O)N2CCC([C@@H](NC(=O)c3ccc4c(c3)OCO4)C(=O)NCC(C)C)CC2)cc1. The maximum Gasteiger partial charge on any atom is 0.321 e. The lowest BCUT2D eigenvalue weighted by atomic mass is 9.88. The third kappa shape index (κ3) is 6.27. The van der Waals surface area contributed by atoms with Crippen molar-refractivity contribution >= 4 is 23.5 Å². The van der Waals surface area contributed by atoms with Gasteiger partial charge in [0.1, 0.15) is 6.04 Å². The van der Waals surface area contributed by atoms with E-state index >= 15 is 0 Å². The highest BCUT2D eigenvalue weighted by Gasteiger charge is 2.34. The van der Waals surface area contributed by atoms with Crippen LogP contribution in [0, 0.1) is 18.8 Å². The lowest BCUT2D eigenvalue weighted by molar-refractivity contribution is -0.124. The molecule has 2 aromatic rings. The van der Waals surface area contributed by atoms with E-state index in [9.17, 15) is 14.4 Å². The highest BCUT2D eigenvalue weighted by molar-refractivity contribution is 5.98. The van der Waals surface area contributed by atoms with E-state index in [0.717, 1.165) is 11.3 Å². The third-order valence-corrected chi connectivity index (χ3v) is 6.49. The molecule has 0 radical (unpaired) electrons. The fourth-order valence-corrected chi connectivity index (χ4v) is 4.35. The second kappa shape index (κ2) is 11.3. The molecule has 0 aromatic heterocycles. The van der Waals surface area contributed by atoms with E-state index in [0.29, 0.717) is 49.5 Å². The van der Waals surface area contributed by atoms with Crippen molar-refractivity contribution in [2.45, 2.75) is 39.7 Å². The Bertz CT molecular complexity index is 1090. The van der Waals surface area contributed by atoms with Gasteiger partial charge in [0.15, 0.2) is 11.5 Å². The summed E-state index contributed by atoms with van der Waals surface area (Å²) in [5, 5.41) is 8.83. The summed E-state index contributed by atoms with van der Waals surface area (Å²) in [5.74, 6) is 0.730. The van der Waals surface area contributed by atoms with Gasteiger partial charge in [-0.1, -0.05) is 31.5 Å². The van der Waals surface area contributed by atoms with Gasteiger partial charge in [0, 0.05) is 30.9 Å². The first-order valence-electron chi connectivity index (χ1n) is 12.4. The number of piperidine rings is 1. The Labute approximate surface area is 211 Å². The Morgan fingerprint density at radius 1 is 1.00 bits per heavy atom. The first kappa shape index (κ1) is 25.3. The number of urea groups is 1. The topological polar surface area (TPSA) is 109 Å². The zero-order valence-corrected chi connectivity index (χ0v) is 21.0. The van der Waals surface area contributed by atoms with Gasteiger partial charge in [-0.25, -0.2) is 4.79 Å². The highest BCUT2D eigenvalue weighted by atomic mass is 16.7. The van der Waals surface area contributed by atoms with Crippen molar-refractivity contribution in [3.8, 4) is 11.5 Å². The van der Waals surface area contributed by atoms with Crippen LogP contribution in [0.1, 0.15) is 42.6 Å². The molecule has 9 heteroatoms. The molecule has 1 atom stereocenters. The molecular weight excluding hydrogens is 460 g/mol. The quantitative estimate of drug-likeness (QED) is 0.546. The molecule has 36 heavy (non-hydrogen) atoms. The summed E-state index contributed by atoms with van der Waals surface area (Å²) in [6.07, 6.45) is 1.20. The Hall–Kier alpha value is -3.75. The average Bonchev–Trinajstić information content (AvgIpc) is 3.35. The van der Waals surface area contributed by atoms with Gasteiger partial charge in [-0.05, 0) is 61.9 Å². The molecule has 2 heterocycles. The first-order chi connectivity index (χ1) is 17.3. The van der Waals surface area contributed by atoms with Crippen molar-refractivity contribution in [3.05, 3.63) is 53.6 Å². The summed E-state index contributed by atoms with van der Waals surface area (Å²) in [4.78, 5) is 40.7. The van der Waals surface area contributed by atoms with Crippen molar-refractivity contribution in [1.82, 2.24) is 15.5 Å². The number of fused-ring (bicyclic) bond motifs is 1. The predicted molar refractivity (Wildman–Crippen MR) is 136 cm³/mol. The molecule has 4 amide bonds. The summed E-state index contributed by atoms with van der Waals surface area (Å²) >= 11 is 0. The fraction of sp³-hybridized carbons (Fsp3) is 0.444. The van der Waals surface area contributed by atoms with Crippen LogP contribution in [0.15, 0.2) is 42.5 Å². The van der Waals surface area contributed by atoms with Crippen LogP contribution in [0.5, 0.6) is 11.5 Å². The summed E-state index contributed by atoms with van der Waals surface area (Å²) < 4.78 is 10.7. The van der Waals surface area contributed by atoms with Crippen LogP contribution in [0.4, 0.5) is 10.5 Å². The molecule has 2 aliphatic heterocycles. The van der Waals surface area contributed by atoms with Crippen molar-refractivity contribution in [1.29, 1.82) is 0 Å².